The van der Waals surface area contributed by atoms with Gasteiger partial charge in [0.2, 0.25) is 0 Å². The lowest BCUT2D eigenvalue weighted by Crippen LogP contribution is -1.95. The van der Waals surface area contributed by atoms with Crippen LogP contribution in [0.3, 0.4) is 0 Å². The van der Waals surface area contributed by atoms with E-state index in [1.807, 2.05) is 6.07 Å². The van der Waals surface area contributed by atoms with Crippen LogP contribution in [0, 0.1) is 0 Å². The van der Waals surface area contributed by atoms with Gasteiger partial charge in [0, 0.05) is 38.2 Å². The normalized spacial score (nSPS) is 11.9. The molecule has 51 heavy (non-hydrogen) atoms. The maximum absolute atomic E-state index is 6.66. The number of aromatic nitrogens is 2. The molecule has 3 aromatic heterocycles. The molecule has 11 rings (SSSR count). The van der Waals surface area contributed by atoms with Gasteiger partial charge in [0.05, 0.1) is 33.1 Å². The summed E-state index contributed by atoms with van der Waals surface area (Å²) in [5.41, 5.74) is 13.5. The fraction of sp³-hybridized carbons (Fsp3) is 0. The third-order valence-corrected chi connectivity index (χ3v) is 10.5. The molecule has 11 aromatic rings. The molecule has 0 N–H and O–H groups in total. The van der Waals surface area contributed by atoms with E-state index in [0.717, 1.165) is 38.8 Å². The van der Waals surface area contributed by atoms with Gasteiger partial charge in [-0.05, 0) is 83.4 Å². The molecule has 0 aliphatic heterocycles. The van der Waals surface area contributed by atoms with Crippen LogP contribution < -0.4 is 0 Å². The molecule has 0 fully saturated rings. The Morgan fingerprint density at radius 2 is 0.882 bits per heavy atom. The third-order valence-electron chi connectivity index (χ3n) is 10.5. The minimum atomic E-state index is 0.893. The van der Waals surface area contributed by atoms with Crippen LogP contribution in [0.1, 0.15) is 0 Å². The number of benzene rings is 8. The summed E-state index contributed by atoms with van der Waals surface area (Å²) in [7, 11) is 0. The summed E-state index contributed by atoms with van der Waals surface area (Å²) in [6.07, 6.45) is 0. The molecule has 8 aromatic carbocycles. The largest absolute Gasteiger partial charge is 0.455 e. The quantitative estimate of drug-likeness (QED) is 0.186. The Balaban J connectivity index is 1.14. The van der Waals surface area contributed by atoms with Crippen molar-refractivity contribution in [1.29, 1.82) is 0 Å². The zero-order valence-electron chi connectivity index (χ0n) is 27.6. The first-order valence-electron chi connectivity index (χ1n) is 17.4. The molecule has 0 radical (unpaired) electrons. The number of nitrogens with zero attached hydrogens (tertiary/aromatic N) is 2. The second-order valence-corrected chi connectivity index (χ2v) is 13.3. The van der Waals surface area contributed by atoms with Crippen molar-refractivity contribution >= 4 is 65.6 Å². The fourth-order valence-electron chi connectivity index (χ4n) is 8.26. The SMILES string of the molecule is c1ccc(-c2ccc(-n3c4ccccc4c4cc(-c5ccc6c(c5)c5ccccc5n6-c5ccccc5)ccc43)c3c2oc2ccccc23)cc1. The van der Waals surface area contributed by atoms with Crippen LogP contribution in [0.25, 0.3) is 99.2 Å². The summed E-state index contributed by atoms with van der Waals surface area (Å²) in [4.78, 5) is 0. The summed E-state index contributed by atoms with van der Waals surface area (Å²) in [6, 6.07) is 65.4. The Kier molecular flexibility index (Phi) is 5.96. The molecule has 3 heteroatoms. The summed E-state index contributed by atoms with van der Waals surface area (Å²) in [5.74, 6) is 0. The average molecular weight is 651 g/mol. The van der Waals surface area contributed by atoms with Gasteiger partial charge in [-0.3, -0.25) is 0 Å². The topological polar surface area (TPSA) is 23.0 Å². The lowest BCUT2D eigenvalue weighted by Gasteiger charge is -2.12. The molecule has 0 amide bonds. The van der Waals surface area contributed by atoms with E-state index in [1.165, 1.54) is 60.4 Å². The molecule has 0 bridgehead atoms. The Labute approximate surface area is 293 Å². The first kappa shape index (κ1) is 28.0. The fourth-order valence-corrected chi connectivity index (χ4v) is 8.26. The average Bonchev–Trinajstić information content (AvgIpc) is 3.86. The number of hydrogen-bond acceptors (Lipinski definition) is 1. The smallest absolute Gasteiger partial charge is 0.145 e. The highest BCUT2D eigenvalue weighted by Gasteiger charge is 2.21. The summed E-state index contributed by atoms with van der Waals surface area (Å²) >= 11 is 0. The van der Waals surface area contributed by atoms with E-state index in [9.17, 15) is 0 Å². The molecule has 3 nitrogen and oxygen atoms in total. The lowest BCUT2D eigenvalue weighted by molar-refractivity contribution is 0.670. The monoisotopic (exact) mass is 650 g/mol. The van der Waals surface area contributed by atoms with Crippen LogP contribution in [0.5, 0.6) is 0 Å². The van der Waals surface area contributed by atoms with Crippen molar-refractivity contribution in [3.05, 3.63) is 182 Å². The van der Waals surface area contributed by atoms with Gasteiger partial charge in [0.25, 0.3) is 0 Å². The van der Waals surface area contributed by atoms with E-state index in [0.29, 0.717) is 0 Å². The first-order chi connectivity index (χ1) is 25.3. The first-order valence-corrected chi connectivity index (χ1v) is 17.4. The van der Waals surface area contributed by atoms with Crippen LogP contribution in [0.15, 0.2) is 186 Å². The Morgan fingerprint density at radius 3 is 1.57 bits per heavy atom. The third kappa shape index (κ3) is 4.12. The second-order valence-electron chi connectivity index (χ2n) is 13.3. The maximum atomic E-state index is 6.66. The molecular formula is C48H30N2O. The molecule has 0 unspecified atom stereocenters. The number of hydrogen-bond donors (Lipinski definition) is 0. The second kappa shape index (κ2) is 10.8. The lowest BCUT2D eigenvalue weighted by atomic mass is 10.00. The molecule has 0 saturated heterocycles. The highest BCUT2D eigenvalue weighted by molar-refractivity contribution is 6.17. The van der Waals surface area contributed by atoms with Gasteiger partial charge in [-0.2, -0.15) is 0 Å². The van der Waals surface area contributed by atoms with Gasteiger partial charge in [-0.25, -0.2) is 0 Å². The van der Waals surface area contributed by atoms with Crippen LogP contribution in [0.4, 0.5) is 0 Å². The highest BCUT2D eigenvalue weighted by atomic mass is 16.3. The van der Waals surface area contributed by atoms with Crippen molar-refractivity contribution in [2.45, 2.75) is 0 Å². The standard InChI is InChI=1S/C48H30N2O/c1-3-13-31(14-4-1)35-25-28-45(47-38-19-9-12-22-46(38)51-48(35)47)50-42-21-11-8-18-37(42)40-30-33(24-27-44(40)50)32-23-26-43-39(29-32)36-17-7-10-20-41(36)49(43)34-15-5-2-6-16-34/h1-30H. The summed E-state index contributed by atoms with van der Waals surface area (Å²) in [5, 5.41) is 7.20. The van der Waals surface area contributed by atoms with Gasteiger partial charge in [0.1, 0.15) is 11.2 Å². The van der Waals surface area contributed by atoms with Gasteiger partial charge < -0.3 is 13.6 Å². The molecule has 3 heterocycles. The van der Waals surface area contributed by atoms with E-state index < -0.39 is 0 Å². The molecule has 238 valence electrons. The van der Waals surface area contributed by atoms with Crippen molar-refractivity contribution in [3.8, 4) is 33.6 Å². The Bertz CT molecular complexity index is 3130. The van der Waals surface area contributed by atoms with Gasteiger partial charge in [-0.15, -0.1) is 0 Å². The van der Waals surface area contributed by atoms with Crippen LogP contribution in [-0.2, 0) is 0 Å². The maximum Gasteiger partial charge on any atom is 0.145 e. The van der Waals surface area contributed by atoms with Gasteiger partial charge >= 0.3 is 0 Å². The number of fused-ring (bicyclic) bond motifs is 9. The molecule has 0 aliphatic rings. The Hall–Kier alpha value is -6.84. The van der Waals surface area contributed by atoms with E-state index in [4.69, 9.17) is 4.42 Å². The minimum Gasteiger partial charge on any atom is -0.455 e. The van der Waals surface area contributed by atoms with Crippen molar-refractivity contribution in [2.75, 3.05) is 0 Å². The Morgan fingerprint density at radius 1 is 0.353 bits per heavy atom. The number of furan rings is 1. The van der Waals surface area contributed by atoms with E-state index in [1.54, 1.807) is 0 Å². The molecule has 0 aliphatic carbocycles. The summed E-state index contributed by atoms with van der Waals surface area (Å²) < 4.78 is 11.4. The molecule has 0 saturated carbocycles. The zero-order chi connectivity index (χ0) is 33.5. The number of para-hydroxylation sites is 4. The summed E-state index contributed by atoms with van der Waals surface area (Å²) in [6.45, 7) is 0. The van der Waals surface area contributed by atoms with E-state index in [-0.39, 0.29) is 0 Å². The molecule has 0 spiro atoms. The van der Waals surface area contributed by atoms with Crippen LogP contribution >= 0.6 is 0 Å². The number of rotatable bonds is 4. The highest BCUT2D eigenvalue weighted by Crippen LogP contribution is 2.43. The van der Waals surface area contributed by atoms with Gasteiger partial charge in [0.15, 0.2) is 0 Å². The predicted molar refractivity (Wildman–Crippen MR) is 213 cm³/mol. The zero-order valence-corrected chi connectivity index (χ0v) is 27.6. The van der Waals surface area contributed by atoms with Crippen molar-refractivity contribution in [3.63, 3.8) is 0 Å². The van der Waals surface area contributed by atoms with Crippen LogP contribution in [-0.4, -0.2) is 9.13 Å². The van der Waals surface area contributed by atoms with Crippen molar-refractivity contribution in [1.82, 2.24) is 9.13 Å². The minimum absolute atomic E-state index is 0.893. The van der Waals surface area contributed by atoms with Crippen molar-refractivity contribution in [2.24, 2.45) is 0 Å². The van der Waals surface area contributed by atoms with Crippen LogP contribution in [0.2, 0.25) is 0 Å². The van der Waals surface area contributed by atoms with E-state index in [2.05, 4.69) is 185 Å². The predicted octanol–water partition coefficient (Wildman–Crippen LogP) is 13.1. The van der Waals surface area contributed by atoms with Crippen molar-refractivity contribution < 1.29 is 4.42 Å². The van der Waals surface area contributed by atoms with E-state index >= 15 is 0 Å². The molecular weight excluding hydrogens is 621 g/mol. The molecule has 0 atom stereocenters. The van der Waals surface area contributed by atoms with Gasteiger partial charge in [-0.1, -0.05) is 115 Å².